The van der Waals surface area contributed by atoms with E-state index in [0.29, 0.717) is 12.1 Å². The molecule has 3 nitrogen and oxygen atoms in total. The quantitative estimate of drug-likeness (QED) is 0.872. The zero-order valence-corrected chi connectivity index (χ0v) is 11.8. The van der Waals surface area contributed by atoms with E-state index in [9.17, 15) is 4.79 Å². The number of carboxylic acid groups (broad SMARTS) is 1. The van der Waals surface area contributed by atoms with Gasteiger partial charge in [-0.25, -0.2) is 4.79 Å². The zero-order chi connectivity index (χ0) is 14.5. The molecule has 0 aromatic heterocycles. The molecule has 0 saturated carbocycles. The number of nitrogens with one attached hydrogen (secondary N) is 1. The summed E-state index contributed by atoms with van der Waals surface area (Å²) in [4.78, 5) is 11.1. The largest absolute Gasteiger partial charge is 0.478 e. The molecule has 20 heavy (non-hydrogen) atoms. The van der Waals surface area contributed by atoms with Gasteiger partial charge >= 0.3 is 5.97 Å². The van der Waals surface area contributed by atoms with Gasteiger partial charge in [0.2, 0.25) is 0 Å². The van der Waals surface area contributed by atoms with Gasteiger partial charge in [0.1, 0.15) is 0 Å². The molecule has 2 rings (SSSR count). The zero-order valence-electron chi connectivity index (χ0n) is 11.8. The molecule has 1 atom stereocenters. The van der Waals surface area contributed by atoms with Crippen molar-refractivity contribution in [2.45, 2.75) is 26.4 Å². The minimum atomic E-state index is -0.884. The fourth-order valence-electron chi connectivity index (χ4n) is 2.12. The van der Waals surface area contributed by atoms with Gasteiger partial charge in [-0.2, -0.15) is 0 Å². The number of hydrogen-bond acceptors (Lipinski definition) is 2. The van der Waals surface area contributed by atoms with E-state index >= 15 is 0 Å². The van der Waals surface area contributed by atoms with Gasteiger partial charge in [0.25, 0.3) is 0 Å². The molecular formula is C17H19NO2. The average Bonchev–Trinajstić information content (AvgIpc) is 2.45. The summed E-state index contributed by atoms with van der Waals surface area (Å²) in [6, 6.07) is 15.6. The molecular weight excluding hydrogens is 250 g/mol. The van der Waals surface area contributed by atoms with E-state index in [4.69, 9.17) is 5.11 Å². The Balaban J connectivity index is 2.05. The van der Waals surface area contributed by atoms with Crippen molar-refractivity contribution < 1.29 is 9.90 Å². The Kier molecular flexibility index (Phi) is 4.53. The SMILES string of the molecule is Cc1ccc([C@@H](C)NCc2ccccc2C(=O)O)cc1. The number of aryl methyl sites for hydroxylation is 1. The van der Waals surface area contributed by atoms with Crippen LogP contribution in [0, 0.1) is 6.92 Å². The van der Waals surface area contributed by atoms with E-state index in [1.165, 1.54) is 11.1 Å². The number of carboxylic acids is 1. The molecule has 0 amide bonds. The number of hydrogen-bond donors (Lipinski definition) is 2. The molecule has 0 saturated heterocycles. The second-order valence-corrected chi connectivity index (χ2v) is 4.98. The second-order valence-electron chi connectivity index (χ2n) is 4.98. The summed E-state index contributed by atoms with van der Waals surface area (Å²) in [5, 5.41) is 12.5. The molecule has 2 aromatic carbocycles. The van der Waals surface area contributed by atoms with Gasteiger partial charge < -0.3 is 10.4 Å². The first-order valence-corrected chi connectivity index (χ1v) is 6.69. The summed E-state index contributed by atoms with van der Waals surface area (Å²) in [6.07, 6.45) is 0. The van der Waals surface area contributed by atoms with Crippen molar-refractivity contribution in [2.75, 3.05) is 0 Å². The Hall–Kier alpha value is -2.13. The molecule has 0 aliphatic carbocycles. The third-order valence-corrected chi connectivity index (χ3v) is 3.42. The van der Waals surface area contributed by atoms with Crippen molar-refractivity contribution in [3.8, 4) is 0 Å². The van der Waals surface area contributed by atoms with E-state index < -0.39 is 5.97 Å². The van der Waals surface area contributed by atoms with Gasteiger partial charge in [-0.1, -0.05) is 48.0 Å². The predicted molar refractivity (Wildman–Crippen MR) is 79.8 cm³/mol. The lowest BCUT2D eigenvalue weighted by Crippen LogP contribution is -2.19. The fourth-order valence-corrected chi connectivity index (χ4v) is 2.12. The summed E-state index contributed by atoms with van der Waals surface area (Å²) >= 11 is 0. The normalized spacial score (nSPS) is 12.1. The maximum Gasteiger partial charge on any atom is 0.336 e. The van der Waals surface area contributed by atoms with Crippen molar-refractivity contribution in [1.82, 2.24) is 5.32 Å². The smallest absolute Gasteiger partial charge is 0.336 e. The minimum Gasteiger partial charge on any atom is -0.478 e. The number of rotatable bonds is 5. The fraction of sp³-hybridized carbons (Fsp3) is 0.235. The first-order chi connectivity index (χ1) is 9.58. The Morgan fingerprint density at radius 2 is 1.80 bits per heavy atom. The molecule has 0 aliphatic rings. The molecule has 0 aliphatic heterocycles. The maximum atomic E-state index is 11.1. The van der Waals surface area contributed by atoms with E-state index in [1.807, 2.05) is 12.1 Å². The Morgan fingerprint density at radius 3 is 2.45 bits per heavy atom. The Morgan fingerprint density at radius 1 is 1.15 bits per heavy atom. The highest BCUT2D eigenvalue weighted by Crippen LogP contribution is 2.15. The molecule has 2 aromatic rings. The summed E-state index contributed by atoms with van der Waals surface area (Å²) in [6.45, 7) is 4.68. The van der Waals surface area contributed by atoms with Crippen LogP contribution in [0.5, 0.6) is 0 Å². The van der Waals surface area contributed by atoms with E-state index in [2.05, 4.69) is 43.4 Å². The summed E-state index contributed by atoms with van der Waals surface area (Å²) < 4.78 is 0. The van der Waals surface area contributed by atoms with Crippen molar-refractivity contribution in [2.24, 2.45) is 0 Å². The monoisotopic (exact) mass is 269 g/mol. The Labute approximate surface area is 119 Å². The molecule has 0 unspecified atom stereocenters. The summed E-state index contributed by atoms with van der Waals surface area (Å²) in [7, 11) is 0. The molecule has 3 heteroatoms. The van der Waals surface area contributed by atoms with Crippen molar-refractivity contribution in [1.29, 1.82) is 0 Å². The van der Waals surface area contributed by atoms with Gasteiger partial charge in [-0.05, 0) is 31.0 Å². The van der Waals surface area contributed by atoms with Gasteiger partial charge in [-0.3, -0.25) is 0 Å². The molecule has 0 radical (unpaired) electrons. The first kappa shape index (κ1) is 14.3. The molecule has 2 N–H and O–H groups in total. The van der Waals surface area contributed by atoms with E-state index in [-0.39, 0.29) is 6.04 Å². The minimum absolute atomic E-state index is 0.178. The maximum absolute atomic E-state index is 11.1. The van der Waals surface area contributed by atoms with E-state index in [0.717, 1.165) is 5.56 Å². The van der Waals surface area contributed by atoms with Crippen molar-refractivity contribution >= 4 is 5.97 Å². The second kappa shape index (κ2) is 6.35. The van der Waals surface area contributed by atoms with Gasteiger partial charge in [0.15, 0.2) is 0 Å². The van der Waals surface area contributed by atoms with Gasteiger partial charge in [0.05, 0.1) is 5.56 Å². The highest BCUT2D eigenvalue weighted by Gasteiger charge is 2.10. The molecule has 0 fully saturated rings. The van der Waals surface area contributed by atoms with Gasteiger partial charge in [0, 0.05) is 12.6 Å². The number of aromatic carboxylic acids is 1. The highest BCUT2D eigenvalue weighted by atomic mass is 16.4. The Bertz CT molecular complexity index is 590. The molecule has 0 heterocycles. The lowest BCUT2D eigenvalue weighted by Gasteiger charge is -2.15. The van der Waals surface area contributed by atoms with Crippen LogP contribution in [0.15, 0.2) is 48.5 Å². The van der Waals surface area contributed by atoms with Crippen LogP contribution in [0.25, 0.3) is 0 Å². The number of benzene rings is 2. The van der Waals surface area contributed by atoms with Crippen LogP contribution < -0.4 is 5.32 Å². The lowest BCUT2D eigenvalue weighted by molar-refractivity contribution is 0.0695. The topological polar surface area (TPSA) is 49.3 Å². The molecule has 0 bridgehead atoms. The van der Waals surface area contributed by atoms with Crippen LogP contribution >= 0.6 is 0 Å². The predicted octanol–water partition coefficient (Wildman–Crippen LogP) is 3.54. The first-order valence-electron chi connectivity index (χ1n) is 6.69. The summed E-state index contributed by atoms with van der Waals surface area (Å²) in [5.41, 5.74) is 3.59. The van der Waals surface area contributed by atoms with Crippen LogP contribution in [-0.4, -0.2) is 11.1 Å². The van der Waals surface area contributed by atoms with E-state index in [1.54, 1.807) is 12.1 Å². The van der Waals surface area contributed by atoms with Crippen LogP contribution in [0.4, 0.5) is 0 Å². The van der Waals surface area contributed by atoms with Crippen LogP contribution in [0.2, 0.25) is 0 Å². The summed E-state index contributed by atoms with van der Waals surface area (Å²) in [5.74, 6) is -0.884. The molecule has 104 valence electrons. The average molecular weight is 269 g/mol. The standard InChI is InChI=1S/C17H19NO2/c1-12-7-9-14(10-8-12)13(2)18-11-15-5-3-4-6-16(15)17(19)20/h3-10,13,18H,11H2,1-2H3,(H,19,20)/t13-/m1/s1. The lowest BCUT2D eigenvalue weighted by atomic mass is 10.0. The van der Waals surface area contributed by atoms with Crippen LogP contribution in [-0.2, 0) is 6.54 Å². The van der Waals surface area contributed by atoms with Crippen molar-refractivity contribution in [3.05, 3.63) is 70.8 Å². The number of carbonyl (C=O) groups is 1. The highest BCUT2D eigenvalue weighted by molar-refractivity contribution is 5.89. The van der Waals surface area contributed by atoms with Crippen molar-refractivity contribution in [3.63, 3.8) is 0 Å². The van der Waals surface area contributed by atoms with Gasteiger partial charge in [-0.15, -0.1) is 0 Å². The third-order valence-electron chi connectivity index (χ3n) is 3.42. The third kappa shape index (κ3) is 3.45. The van der Waals surface area contributed by atoms with Crippen LogP contribution in [0.1, 0.15) is 40.0 Å². The molecule has 0 spiro atoms. The van der Waals surface area contributed by atoms with Crippen LogP contribution in [0.3, 0.4) is 0 Å².